The number of fused-ring (bicyclic) bond motifs is 1. The number of amides is 1. The number of nitrogens with one attached hydrogen (secondary N) is 1. The molecule has 188 valence electrons. The fourth-order valence-electron chi connectivity index (χ4n) is 5.50. The fraction of sp³-hybridized carbons (Fsp3) is 0.857. The number of likely N-dealkylation sites (tertiary alicyclic amines) is 1. The summed E-state index contributed by atoms with van der Waals surface area (Å²) >= 11 is 0. The van der Waals surface area contributed by atoms with E-state index in [2.05, 4.69) is 5.32 Å². The molecule has 0 radical (unpaired) electrons. The lowest BCUT2D eigenvalue weighted by atomic mass is 9.77. The Morgan fingerprint density at radius 1 is 1.12 bits per heavy atom. The van der Waals surface area contributed by atoms with Crippen molar-refractivity contribution in [2.75, 3.05) is 13.1 Å². The van der Waals surface area contributed by atoms with E-state index in [9.17, 15) is 19.5 Å². The smallest absolute Gasteiger partial charge is 0.451 e. The second-order valence-electron chi connectivity index (χ2n) is 9.26. The zero-order valence-corrected chi connectivity index (χ0v) is 19.9. The van der Waals surface area contributed by atoms with Gasteiger partial charge in [-0.3, -0.25) is 14.9 Å². The van der Waals surface area contributed by atoms with Crippen LogP contribution in [0.3, 0.4) is 0 Å². The number of hydrogen-bond acceptors (Lipinski definition) is 8. The first kappa shape index (κ1) is 27.7. The highest BCUT2D eigenvalue weighted by Crippen LogP contribution is 2.41. The van der Waals surface area contributed by atoms with E-state index in [0.29, 0.717) is 38.8 Å². The summed E-state index contributed by atoms with van der Waals surface area (Å²) in [4.78, 5) is 38.7. The lowest BCUT2D eigenvalue weighted by Crippen LogP contribution is -2.52. The topological polar surface area (TPSA) is 146 Å². The summed E-state index contributed by atoms with van der Waals surface area (Å²) < 4.78 is 10.7. The Balaban J connectivity index is 0.00000385. The number of carboxylic acids is 1. The van der Waals surface area contributed by atoms with Gasteiger partial charge in [-0.25, -0.2) is 4.79 Å². The minimum atomic E-state index is -1.40. The fourth-order valence-corrected chi connectivity index (χ4v) is 5.50. The molecule has 0 bridgehead atoms. The van der Waals surface area contributed by atoms with Crippen molar-refractivity contribution in [1.82, 2.24) is 10.2 Å². The summed E-state index contributed by atoms with van der Waals surface area (Å²) in [5.74, 6) is -1.70. The highest BCUT2D eigenvalue weighted by molar-refractivity contribution is 6.40. The highest BCUT2D eigenvalue weighted by Gasteiger charge is 2.58. The van der Waals surface area contributed by atoms with Gasteiger partial charge in [0.15, 0.2) is 0 Å². The molecule has 3 fully saturated rings. The van der Waals surface area contributed by atoms with E-state index in [1.165, 1.54) is 11.8 Å². The first-order valence-corrected chi connectivity index (χ1v) is 11.8. The highest BCUT2D eigenvalue weighted by atomic mass is 35.5. The SMILES string of the molecule is CC(OC(=O)C1CCCCC1)OC(=O)N1CC[C@H]2[C@@H]1CN[C@@]2(CCCCB(O)O)C(=O)O.Cl. The number of aliphatic carboxylic acids is 1. The number of carbonyl (C=O) groups excluding carboxylic acids is 2. The Bertz CT molecular complexity index is 693. The molecule has 12 heteroatoms. The molecule has 3 rings (SSSR count). The monoisotopic (exact) mass is 490 g/mol. The van der Waals surface area contributed by atoms with E-state index in [0.717, 1.165) is 32.1 Å². The Morgan fingerprint density at radius 3 is 2.45 bits per heavy atom. The van der Waals surface area contributed by atoms with Crippen molar-refractivity contribution in [2.24, 2.45) is 11.8 Å². The van der Waals surface area contributed by atoms with Gasteiger partial charge < -0.3 is 29.5 Å². The number of rotatable bonds is 9. The zero-order valence-electron chi connectivity index (χ0n) is 19.1. The average Bonchev–Trinajstić information content (AvgIpc) is 3.33. The summed E-state index contributed by atoms with van der Waals surface area (Å²) in [5, 5.41) is 31.1. The maximum atomic E-state index is 12.8. The van der Waals surface area contributed by atoms with Crippen LogP contribution in [0.1, 0.15) is 64.7 Å². The molecular weight excluding hydrogens is 455 g/mol. The third-order valence-electron chi connectivity index (χ3n) is 7.19. The molecule has 0 aromatic heterocycles. The van der Waals surface area contributed by atoms with Crippen LogP contribution in [0.25, 0.3) is 0 Å². The van der Waals surface area contributed by atoms with Crippen molar-refractivity contribution in [1.29, 1.82) is 0 Å². The van der Waals surface area contributed by atoms with Gasteiger partial charge in [-0.1, -0.05) is 32.1 Å². The molecule has 0 aromatic rings. The Hall–Kier alpha value is -1.56. The van der Waals surface area contributed by atoms with Gasteiger partial charge in [-0.2, -0.15) is 0 Å². The quantitative estimate of drug-likeness (QED) is 0.164. The van der Waals surface area contributed by atoms with Crippen molar-refractivity contribution in [2.45, 2.75) is 88.9 Å². The van der Waals surface area contributed by atoms with E-state index >= 15 is 0 Å². The number of ether oxygens (including phenoxy) is 2. The number of carbonyl (C=O) groups is 3. The Morgan fingerprint density at radius 2 is 1.82 bits per heavy atom. The van der Waals surface area contributed by atoms with Gasteiger partial charge in [0, 0.05) is 25.9 Å². The molecule has 1 saturated carbocycles. The second-order valence-corrected chi connectivity index (χ2v) is 9.26. The largest absolute Gasteiger partial charge is 0.480 e. The van der Waals surface area contributed by atoms with Gasteiger partial charge >= 0.3 is 25.2 Å². The summed E-state index contributed by atoms with van der Waals surface area (Å²) in [7, 11) is -1.40. The van der Waals surface area contributed by atoms with Crippen LogP contribution in [-0.4, -0.2) is 76.2 Å². The summed E-state index contributed by atoms with van der Waals surface area (Å²) in [6.45, 7) is 2.24. The maximum Gasteiger partial charge on any atom is 0.451 e. The average molecular weight is 491 g/mol. The number of carboxylic acid groups (broad SMARTS) is 1. The summed E-state index contributed by atoms with van der Waals surface area (Å²) in [6, 6.07) is -0.316. The Kier molecular flexibility index (Phi) is 10.3. The predicted molar refractivity (Wildman–Crippen MR) is 122 cm³/mol. The lowest BCUT2D eigenvalue weighted by molar-refractivity contribution is -0.172. The molecule has 3 aliphatic rings. The van der Waals surface area contributed by atoms with E-state index in [4.69, 9.17) is 19.5 Å². The van der Waals surface area contributed by atoms with Crippen LogP contribution >= 0.6 is 12.4 Å². The number of hydrogen-bond donors (Lipinski definition) is 4. The first-order chi connectivity index (χ1) is 15.2. The normalized spacial score (nSPS) is 27.9. The third-order valence-corrected chi connectivity index (χ3v) is 7.19. The molecule has 2 saturated heterocycles. The Labute approximate surface area is 200 Å². The van der Waals surface area contributed by atoms with Crippen LogP contribution < -0.4 is 5.32 Å². The predicted octanol–water partition coefficient (Wildman–Crippen LogP) is 1.77. The van der Waals surface area contributed by atoms with Gasteiger partial charge in [0.1, 0.15) is 5.54 Å². The van der Waals surface area contributed by atoms with Crippen molar-refractivity contribution < 1.29 is 39.0 Å². The molecule has 2 aliphatic heterocycles. The minimum Gasteiger partial charge on any atom is -0.480 e. The van der Waals surface area contributed by atoms with Crippen molar-refractivity contribution in [3.05, 3.63) is 0 Å². The third kappa shape index (κ3) is 6.52. The molecule has 33 heavy (non-hydrogen) atoms. The van der Waals surface area contributed by atoms with Crippen LogP contribution in [0, 0.1) is 11.8 Å². The molecule has 1 amide bonds. The number of esters is 1. The van der Waals surface area contributed by atoms with Gasteiger partial charge in [-0.05, 0) is 32.0 Å². The van der Waals surface area contributed by atoms with Gasteiger partial charge in [0.25, 0.3) is 0 Å². The molecule has 1 aliphatic carbocycles. The van der Waals surface area contributed by atoms with Crippen molar-refractivity contribution >= 4 is 37.6 Å². The molecule has 2 heterocycles. The molecule has 0 aromatic carbocycles. The van der Waals surface area contributed by atoms with Crippen molar-refractivity contribution in [3.8, 4) is 0 Å². The molecule has 10 nitrogen and oxygen atoms in total. The van der Waals surface area contributed by atoms with Crippen LogP contribution in [-0.2, 0) is 19.1 Å². The lowest BCUT2D eigenvalue weighted by Gasteiger charge is -2.31. The van der Waals surface area contributed by atoms with Gasteiger partial charge in [0.05, 0.1) is 12.0 Å². The number of halogens is 1. The standard InChI is InChI=1S/C21H35BN2O8.ClH/c1-14(31-18(25)15-7-3-2-4-8-15)32-20(28)24-12-9-16-17(24)13-23-21(16,19(26)27)10-5-6-11-22(29)30;/h14-17,23,29-30H,2-13H2,1H3,(H,26,27);1H/t14?,16-,17-,21+;/m0./s1. The minimum absolute atomic E-state index is 0. The van der Waals surface area contributed by atoms with Gasteiger partial charge in [0.2, 0.25) is 6.29 Å². The zero-order chi connectivity index (χ0) is 23.3. The first-order valence-electron chi connectivity index (χ1n) is 11.8. The van der Waals surface area contributed by atoms with Crippen LogP contribution in [0.5, 0.6) is 0 Å². The van der Waals surface area contributed by atoms with Crippen molar-refractivity contribution in [3.63, 3.8) is 0 Å². The van der Waals surface area contributed by atoms with Crippen LogP contribution in [0.4, 0.5) is 4.79 Å². The van der Waals surface area contributed by atoms with Crippen LogP contribution in [0.2, 0.25) is 6.32 Å². The summed E-state index contributed by atoms with van der Waals surface area (Å²) in [6.07, 6.45) is 5.22. The number of unbranched alkanes of at least 4 members (excludes halogenated alkanes) is 1. The van der Waals surface area contributed by atoms with E-state index in [1.54, 1.807) is 0 Å². The molecular formula is C21H36BClN2O8. The van der Waals surface area contributed by atoms with E-state index in [-0.39, 0.29) is 42.6 Å². The van der Waals surface area contributed by atoms with Gasteiger partial charge in [-0.15, -0.1) is 12.4 Å². The van der Waals surface area contributed by atoms with E-state index in [1.807, 2.05) is 0 Å². The second kappa shape index (κ2) is 12.2. The summed E-state index contributed by atoms with van der Waals surface area (Å²) in [5.41, 5.74) is -1.15. The van der Waals surface area contributed by atoms with Crippen LogP contribution in [0.15, 0.2) is 0 Å². The molecule has 4 atom stereocenters. The number of nitrogens with zero attached hydrogens (tertiary/aromatic N) is 1. The molecule has 4 N–H and O–H groups in total. The maximum absolute atomic E-state index is 12.8. The molecule has 0 spiro atoms. The van der Waals surface area contributed by atoms with E-state index < -0.39 is 31.0 Å². The molecule has 1 unspecified atom stereocenters.